The second-order valence-corrected chi connectivity index (χ2v) is 5.53. The predicted molar refractivity (Wildman–Crippen MR) is 94.1 cm³/mol. The van der Waals surface area contributed by atoms with E-state index in [1.165, 1.54) is 14.2 Å². The molecule has 1 aliphatic heterocycles. The maximum atomic E-state index is 12.0. The number of carbonyl (C=O) groups is 1. The van der Waals surface area contributed by atoms with Gasteiger partial charge in [0, 0.05) is 18.3 Å². The standard InChI is InChI=1S/C18H20N2O6/c1-23-14-5-3-11(7-16(14)24-2)13(21)9-19-18(22)20-12-4-6-15-17(8-12)26-10-25-15/h3-8,13,21H,9-10H2,1-2H3,(H2,19,20,22). The van der Waals surface area contributed by atoms with Crippen LogP contribution in [0.5, 0.6) is 23.0 Å². The number of benzene rings is 2. The first kappa shape index (κ1) is 17.7. The SMILES string of the molecule is COc1ccc(C(O)CNC(=O)Nc2ccc3c(c2)OCO3)cc1OC. The van der Waals surface area contributed by atoms with Gasteiger partial charge in [0.1, 0.15) is 0 Å². The number of methoxy groups -OCH3 is 2. The van der Waals surface area contributed by atoms with Gasteiger partial charge in [0.2, 0.25) is 6.79 Å². The highest BCUT2D eigenvalue weighted by atomic mass is 16.7. The molecular weight excluding hydrogens is 340 g/mol. The Morgan fingerprint density at radius 2 is 1.88 bits per heavy atom. The summed E-state index contributed by atoms with van der Waals surface area (Å²) in [6.07, 6.45) is -0.891. The van der Waals surface area contributed by atoms with Gasteiger partial charge in [0.05, 0.1) is 20.3 Å². The zero-order chi connectivity index (χ0) is 18.5. The summed E-state index contributed by atoms with van der Waals surface area (Å²) in [4.78, 5) is 12.0. The van der Waals surface area contributed by atoms with Crippen molar-refractivity contribution < 1.29 is 28.8 Å². The van der Waals surface area contributed by atoms with Crippen molar-refractivity contribution in [2.45, 2.75) is 6.10 Å². The minimum absolute atomic E-state index is 0.0336. The Balaban J connectivity index is 1.55. The quantitative estimate of drug-likeness (QED) is 0.731. The molecular formula is C18H20N2O6. The minimum atomic E-state index is -0.891. The Morgan fingerprint density at radius 3 is 2.65 bits per heavy atom. The van der Waals surface area contributed by atoms with Gasteiger partial charge < -0.3 is 34.7 Å². The fourth-order valence-electron chi connectivity index (χ4n) is 2.52. The van der Waals surface area contributed by atoms with Crippen molar-refractivity contribution in [3.8, 4) is 23.0 Å². The zero-order valence-corrected chi connectivity index (χ0v) is 14.4. The number of anilines is 1. The molecule has 0 fully saturated rings. The van der Waals surface area contributed by atoms with Crippen LogP contribution in [0, 0.1) is 0 Å². The number of fused-ring (bicyclic) bond motifs is 1. The smallest absolute Gasteiger partial charge is 0.319 e. The first-order valence-electron chi connectivity index (χ1n) is 7.95. The van der Waals surface area contributed by atoms with E-state index in [9.17, 15) is 9.90 Å². The Kier molecular flexibility index (Phi) is 5.33. The molecule has 8 heteroatoms. The van der Waals surface area contributed by atoms with Crippen LogP contribution in [0.1, 0.15) is 11.7 Å². The average molecular weight is 360 g/mol. The van der Waals surface area contributed by atoms with Crippen LogP contribution in [0.3, 0.4) is 0 Å². The second-order valence-electron chi connectivity index (χ2n) is 5.53. The third kappa shape index (κ3) is 3.92. The van der Waals surface area contributed by atoms with Crippen molar-refractivity contribution in [3.05, 3.63) is 42.0 Å². The van der Waals surface area contributed by atoms with E-state index in [1.54, 1.807) is 36.4 Å². The molecule has 0 bridgehead atoms. The molecule has 26 heavy (non-hydrogen) atoms. The van der Waals surface area contributed by atoms with E-state index in [-0.39, 0.29) is 13.3 Å². The summed E-state index contributed by atoms with van der Waals surface area (Å²) in [5, 5.41) is 15.6. The van der Waals surface area contributed by atoms with Gasteiger partial charge in [0.15, 0.2) is 23.0 Å². The number of nitrogens with one attached hydrogen (secondary N) is 2. The van der Waals surface area contributed by atoms with Crippen LogP contribution >= 0.6 is 0 Å². The summed E-state index contributed by atoms with van der Waals surface area (Å²) in [7, 11) is 3.06. The number of aliphatic hydroxyl groups is 1. The van der Waals surface area contributed by atoms with Crippen molar-refractivity contribution in [3.63, 3.8) is 0 Å². The van der Waals surface area contributed by atoms with Crippen molar-refractivity contribution in [1.29, 1.82) is 0 Å². The molecule has 2 amide bonds. The molecule has 1 aliphatic rings. The number of rotatable bonds is 6. The lowest BCUT2D eigenvalue weighted by atomic mass is 10.1. The fraction of sp³-hybridized carbons (Fsp3) is 0.278. The predicted octanol–water partition coefficient (Wildman–Crippen LogP) is 2.29. The summed E-state index contributed by atoms with van der Waals surface area (Å²) in [5.74, 6) is 2.29. The molecule has 138 valence electrons. The first-order valence-corrected chi connectivity index (χ1v) is 7.95. The van der Waals surface area contributed by atoms with Crippen LogP contribution in [0.2, 0.25) is 0 Å². The van der Waals surface area contributed by atoms with Crippen molar-refractivity contribution >= 4 is 11.7 Å². The molecule has 0 radical (unpaired) electrons. The second kappa shape index (κ2) is 7.83. The number of amides is 2. The number of carbonyl (C=O) groups excluding carboxylic acids is 1. The van der Waals surface area contributed by atoms with Gasteiger partial charge in [-0.15, -0.1) is 0 Å². The number of hydrogen-bond donors (Lipinski definition) is 3. The lowest BCUT2D eigenvalue weighted by Gasteiger charge is -2.15. The molecule has 0 aromatic heterocycles. The third-order valence-electron chi connectivity index (χ3n) is 3.88. The highest BCUT2D eigenvalue weighted by molar-refractivity contribution is 5.89. The summed E-state index contributed by atoms with van der Waals surface area (Å²) in [5.41, 5.74) is 1.17. The van der Waals surface area contributed by atoms with Gasteiger partial charge in [-0.2, -0.15) is 0 Å². The van der Waals surface area contributed by atoms with Crippen LogP contribution in [-0.2, 0) is 0 Å². The van der Waals surface area contributed by atoms with E-state index in [1.807, 2.05) is 0 Å². The molecule has 2 aromatic carbocycles. The average Bonchev–Trinajstić information content (AvgIpc) is 3.13. The molecule has 0 aliphatic carbocycles. The normalized spacial score (nSPS) is 13.0. The summed E-state index contributed by atoms with van der Waals surface area (Å²) in [6.45, 7) is 0.203. The van der Waals surface area contributed by atoms with Gasteiger partial charge in [-0.3, -0.25) is 0 Å². The summed E-state index contributed by atoms with van der Waals surface area (Å²) < 4.78 is 20.9. The third-order valence-corrected chi connectivity index (χ3v) is 3.88. The Bertz CT molecular complexity index is 795. The largest absolute Gasteiger partial charge is 0.493 e. The monoisotopic (exact) mass is 360 g/mol. The summed E-state index contributed by atoms with van der Waals surface area (Å²) in [6, 6.07) is 9.73. The molecule has 3 N–H and O–H groups in total. The van der Waals surface area contributed by atoms with Crippen molar-refractivity contribution in [1.82, 2.24) is 5.32 Å². The molecule has 3 rings (SSSR count). The van der Waals surface area contributed by atoms with Gasteiger partial charge in [-0.1, -0.05) is 6.07 Å². The maximum absolute atomic E-state index is 12.0. The van der Waals surface area contributed by atoms with Crippen LogP contribution in [0.25, 0.3) is 0 Å². The van der Waals surface area contributed by atoms with Crippen LogP contribution in [0.15, 0.2) is 36.4 Å². The summed E-state index contributed by atoms with van der Waals surface area (Å²) >= 11 is 0. The molecule has 0 spiro atoms. The van der Waals surface area contributed by atoms with Crippen molar-refractivity contribution in [2.75, 3.05) is 32.9 Å². The van der Waals surface area contributed by atoms with E-state index in [4.69, 9.17) is 18.9 Å². The topological polar surface area (TPSA) is 98.3 Å². The Morgan fingerprint density at radius 1 is 1.12 bits per heavy atom. The molecule has 8 nitrogen and oxygen atoms in total. The molecule has 0 saturated carbocycles. The maximum Gasteiger partial charge on any atom is 0.319 e. The fourth-order valence-corrected chi connectivity index (χ4v) is 2.52. The van der Waals surface area contributed by atoms with Crippen LogP contribution in [0.4, 0.5) is 10.5 Å². The van der Waals surface area contributed by atoms with Gasteiger partial charge in [-0.25, -0.2) is 4.79 Å². The zero-order valence-electron chi connectivity index (χ0n) is 14.4. The Labute approximate surface area is 150 Å². The minimum Gasteiger partial charge on any atom is -0.493 e. The molecule has 1 atom stereocenters. The van der Waals surface area contributed by atoms with Gasteiger partial charge in [0.25, 0.3) is 0 Å². The highest BCUT2D eigenvalue weighted by Crippen LogP contribution is 2.34. The lowest BCUT2D eigenvalue weighted by molar-refractivity contribution is 0.174. The molecule has 2 aromatic rings. The van der Waals surface area contributed by atoms with E-state index >= 15 is 0 Å². The van der Waals surface area contributed by atoms with Gasteiger partial charge >= 0.3 is 6.03 Å². The molecule has 1 heterocycles. The first-order chi connectivity index (χ1) is 12.6. The van der Waals surface area contributed by atoms with E-state index in [0.29, 0.717) is 34.2 Å². The van der Waals surface area contributed by atoms with Gasteiger partial charge in [-0.05, 0) is 29.8 Å². The van der Waals surface area contributed by atoms with E-state index in [0.717, 1.165) is 0 Å². The lowest BCUT2D eigenvalue weighted by Crippen LogP contribution is -2.32. The van der Waals surface area contributed by atoms with E-state index < -0.39 is 12.1 Å². The number of ether oxygens (including phenoxy) is 4. The number of aliphatic hydroxyl groups excluding tert-OH is 1. The number of hydrogen-bond acceptors (Lipinski definition) is 6. The van der Waals surface area contributed by atoms with Crippen LogP contribution in [-0.4, -0.2) is 38.7 Å². The highest BCUT2D eigenvalue weighted by Gasteiger charge is 2.15. The number of urea groups is 1. The molecule has 1 unspecified atom stereocenters. The van der Waals surface area contributed by atoms with Crippen molar-refractivity contribution in [2.24, 2.45) is 0 Å². The molecule has 0 saturated heterocycles. The van der Waals surface area contributed by atoms with Crippen LogP contribution < -0.4 is 29.6 Å². The Hall–Kier alpha value is -3.13. The van der Waals surface area contributed by atoms with E-state index in [2.05, 4.69) is 10.6 Å².